The molecule has 1 aliphatic heterocycles. The molecule has 1 saturated heterocycles. The maximum Gasteiger partial charge on any atom is 0.264 e. The first-order valence-electron chi connectivity index (χ1n) is 7.68. The Bertz CT molecular complexity index is 843. The average molecular weight is 329 g/mol. The summed E-state index contributed by atoms with van der Waals surface area (Å²) in [7, 11) is 0. The third-order valence-corrected chi connectivity index (χ3v) is 5.39. The van der Waals surface area contributed by atoms with Crippen molar-refractivity contribution in [2.75, 3.05) is 6.54 Å². The largest absolute Gasteiger partial charge is 0.333 e. The van der Waals surface area contributed by atoms with Gasteiger partial charge in [-0.1, -0.05) is 0 Å². The summed E-state index contributed by atoms with van der Waals surface area (Å²) in [6.07, 6.45) is 5.67. The van der Waals surface area contributed by atoms with Gasteiger partial charge in [0.2, 0.25) is 0 Å². The van der Waals surface area contributed by atoms with Crippen molar-refractivity contribution in [3.05, 3.63) is 53.4 Å². The first kappa shape index (κ1) is 14.4. The Morgan fingerprint density at radius 3 is 3.13 bits per heavy atom. The molecule has 0 radical (unpaired) electrons. The fourth-order valence-electron chi connectivity index (χ4n) is 3.18. The average Bonchev–Trinajstić information content (AvgIpc) is 3.26. The topological polar surface area (TPSA) is 38.1 Å². The predicted octanol–water partition coefficient (Wildman–Crippen LogP) is 3.54. The Morgan fingerprint density at radius 2 is 2.30 bits per heavy atom. The molecule has 1 atom stereocenters. The van der Waals surface area contributed by atoms with Crippen molar-refractivity contribution in [1.29, 1.82) is 0 Å². The molecule has 0 N–H and O–H groups in total. The molecular formula is C17H16FN3OS. The number of nitrogens with zero attached hydrogens (tertiary/aromatic N) is 3. The second kappa shape index (κ2) is 5.77. The molecule has 4 nitrogen and oxygen atoms in total. The molecule has 1 fully saturated rings. The molecular weight excluding hydrogens is 313 g/mol. The summed E-state index contributed by atoms with van der Waals surface area (Å²) in [6, 6.07) is 8.51. The minimum absolute atomic E-state index is 0.0428. The van der Waals surface area contributed by atoms with Crippen molar-refractivity contribution in [2.24, 2.45) is 0 Å². The molecule has 4 rings (SSSR count). The van der Waals surface area contributed by atoms with Gasteiger partial charge in [-0.3, -0.25) is 9.48 Å². The van der Waals surface area contributed by atoms with Crippen molar-refractivity contribution in [3.8, 4) is 0 Å². The molecule has 23 heavy (non-hydrogen) atoms. The zero-order chi connectivity index (χ0) is 15.8. The van der Waals surface area contributed by atoms with E-state index in [2.05, 4.69) is 5.10 Å². The number of hydrogen-bond donors (Lipinski definition) is 0. The van der Waals surface area contributed by atoms with Crippen LogP contribution in [0.2, 0.25) is 0 Å². The van der Waals surface area contributed by atoms with Gasteiger partial charge in [-0.15, -0.1) is 11.3 Å². The standard InChI is InChI=1S/C17H16FN3OS/c18-13-4-5-15-12(9-13)10-16(23-15)17(22)21-8-1-3-14(21)11-20-7-2-6-19-20/h2,4-7,9-10,14H,1,3,8,11H2. The van der Waals surface area contributed by atoms with Crippen molar-refractivity contribution in [1.82, 2.24) is 14.7 Å². The number of likely N-dealkylation sites (tertiary alicyclic amines) is 1. The van der Waals surface area contributed by atoms with Gasteiger partial charge < -0.3 is 4.90 Å². The summed E-state index contributed by atoms with van der Waals surface area (Å²) < 4.78 is 16.1. The molecule has 0 bridgehead atoms. The summed E-state index contributed by atoms with van der Waals surface area (Å²) >= 11 is 1.43. The van der Waals surface area contributed by atoms with E-state index in [1.807, 2.05) is 21.8 Å². The minimum atomic E-state index is -0.271. The third kappa shape index (κ3) is 2.74. The number of fused-ring (bicyclic) bond motifs is 1. The van der Waals surface area contributed by atoms with Gasteiger partial charge in [0.25, 0.3) is 5.91 Å². The Kier molecular flexibility index (Phi) is 3.61. The molecule has 1 amide bonds. The van der Waals surface area contributed by atoms with Gasteiger partial charge in [-0.2, -0.15) is 5.10 Å². The number of benzene rings is 1. The predicted molar refractivity (Wildman–Crippen MR) is 88.1 cm³/mol. The van der Waals surface area contributed by atoms with E-state index in [1.54, 1.807) is 18.3 Å². The van der Waals surface area contributed by atoms with Gasteiger partial charge in [0.15, 0.2) is 0 Å². The SMILES string of the molecule is O=C(c1cc2cc(F)ccc2s1)N1CCCC1Cn1cccn1. The van der Waals surface area contributed by atoms with E-state index >= 15 is 0 Å². The zero-order valence-electron chi connectivity index (χ0n) is 12.5. The van der Waals surface area contributed by atoms with Gasteiger partial charge in [-0.25, -0.2) is 4.39 Å². The maximum absolute atomic E-state index is 13.3. The highest BCUT2D eigenvalue weighted by Gasteiger charge is 2.30. The van der Waals surface area contributed by atoms with Crippen LogP contribution in [0.25, 0.3) is 10.1 Å². The van der Waals surface area contributed by atoms with E-state index in [0.29, 0.717) is 4.88 Å². The summed E-state index contributed by atoms with van der Waals surface area (Å²) in [5.74, 6) is -0.228. The highest BCUT2D eigenvalue weighted by atomic mass is 32.1. The minimum Gasteiger partial charge on any atom is -0.333 e. The molecule has 1 aliphatic rings. The smallest absolute Gasteiger partial charge is 0.264 e. The summed E-state index contributed by atoms with van der Waals surface area (Å²) in [4.78, 5) is 15.5. The van der Waals surface area contributed by atoms with Crippen LogP contribution in [-0.4, -0.2) is 33.2 Å². The van der Waals surface area contributed by atoms with Crippen LogP contribution in [-0.2, 0) is 6.54 Å². The van der Waals surface area contributed by atoms with Crippen molar-refractivity contribution < 1.29 is 9.18 Å². The van der Waals surface area contributed by atoms with E-state index in [9.17, 15) is 9.18 Å². The van der Waals surface area contributed by atoms with Crippen LogP contribution < -0.4 is 0 Å². The second-order valence-electron chi connectivity index (χ2n) is 5.82. The summed E-state index contributed by atoms with van der Waals surface area (Å²) in [6.45, 7) is 1.49. The van der Waals surface area contributed by atoms with Crippen molar-refractivity contribution >= 4 is 27.3 Å². The van der Waals surface area contributed by atoms with Gasteiger partial charge in [0, 0.05) is 23.6 Å². The van der Waals surface area contributed by atoms with Crippen LogP contribution in [0.5, 0.6) is 0 Å². The summed E-state index contributed by atoms with van der Waals surface area (Å²) in [5, 5.41) is 5.02. The van der Waals surface area contributed by atoms with Gasteiger partial charge in [0.05, 0.1) is 17.5 Å². The van der Waals surface area contributed by atoms with Gasteiger partial charge >= 0.3 is 0 Å². The molecule has 1 unspecified atom stereocenters. The van der Waals surface area contributed by atoms with Gasteiger partial charge in [0.1, 0.15) is 5.82 Å². The first-order valence-corrected chi connectivity index (χ1v) is 8.50. The number of amides is 1. The molecule has 2 aromatic heterocycles. The number of rotatable bonds is 3. The quantitative estimate of drug-likeness (QED) is 0.737. The van der Waals surface area contributed by atoms with E-state index in [4.69, 9.17) is 0 Å². The van der Waals surface area contributed by atoms with Crippen LogP contribution in [0.1, 0.15) is 22.5 Å². The Hall–Kier alpha value is -2.21. The fraction of sp³-hybridized carbons (Fsp3) is 0.294. The Balaban J connectivity index is 1.58. The van der Waals surface area contributed by atoms with E-state index in [0.717, 1.165) is 36.0 Å². The number of carbonyl (C=O) groups is 1. The number of halogens is 1. The normalized spacial score (nSPS) is 18.0. The molecule has 0 saturated carbocycles. The van der Waals surface area contributed by atoms with E-state index in [-0.39, 0.29) is 17.8 Å². The molecule has 1 aromatic carbocycles. The Labute approximate surface area is 137 Å². The number of carbonyl (C=O) groups excluding carboxylic acids is 1. The molecule has 3 aromatic rings. The second-order valence-corrected chi connectivity index (χ2v) is 6.90. The molecule has 118 valence electrons. The lowest BCUT2D eigenvalue weighted by atomic mass is 10.2. The zero-order valence-corrected chi connectivity index (χ0v) is 13.3. The molecule has 0 aliphatic carbocycles. The monoisotopic (exact) mass is 329 g/mol. The molecule has 0 spiro atoms. The number of hydrogen-bond acceptors (Lipinski definition) is 3. The lowest BCUT2D eigenvalue weighted by molar-refractivity contribution is 0.0726. The van der Waals surface area contributed by atoms with Crippen LogP contribution in [0.15, 0.2) is 42.7 Å². The van der Waals surface area contributed by atoms with Crippen LogP contribution in [0.4, 0.5) is 4.39 Å². The van der Waals surface area contributed by atoms with Crippen LogP contribution >= 0.6 is 11.3 Å². The first-order chi connectivity index (χ1) is 11.2. The Morgan fingerprint density at radius 1 is 1.39 bits per heavy atom. The molecule has 6 heteroatoms. The summed E-state index contributed by atoms with van der Waals surface area (Å²) in [5.41, 5.74) is 0. The highest BCUT2D eigenvalue weighted by Crippen LogP contribution is 2.29. The van der Waals surface area contributed by atoms with E-state index < -0.39 is 0 Å². The third-order valence-electron chi connectivity index (χ3n) is 4.28. The van der Waals surface area contributed by atoms with Crippen LogP contribution in [0, 0.1) is 5.82 Å². The lowest BCUT2D eigenvalue weighted by Crippen LogP contribution is -2.37. The van der Waals surface area contributed by atoms with Crippen molar-refractivity contribution in [3.63, 3.8) is 0 Å². The number of aromatic nitrogens is 2. The molecule has 3 heterocycles. The van der Waals surface area contributed by atoms with Gasteiger partial charge in [-0.05, 0) is 48.6 Å². The highest BCUT2D eigenvalue weighted by molar-refractivity contribution is 7.20. The maximum atomic E-state index is 13.3. The van der Waals surface area contributed by atoms with Crippen molar-refractivity contribution in [2.45, 2.75) is 25.4 Å². The number of thiophene rings is 1. The fourth-order valence-corrected chi connectivity index (χ4v) is 4.18. The lowest BCUT2D eigenvalue weighted by Gasteiger charge is -2.24. The van der Waals surface area contributed by atoms with Crippen LogP contribution in [0.3, 0.4) is 0 Å². The van der Waals surface area contributed by atoms with E-state index in [1.165, 1.54) is 23.5 Å².